The molecule has 3 rings (SSSR count). The van der Waals surface area contributed by atoms with Crippen molar-refractivity contribution in [1.29, 1.82) is 0 Å². The number of rotatable bonds is 3. The molecule has 2 aromatic heterocycles. The highest BCUT2D eigenvalue weighted by molar-refractivity contribution is 5.69. The summed E-state index contributed by atoms with van der Waals surface area (Å²) in [7, 11) is 0. The topological polar surface area (TPSA) is 35.0 Å². The van der Waals surface area contributed by atoms with Crippen molar-refractivity contribution < 1.29 is 22.3 Å². The Kier molecular flexibility index (Phi) is 4.16. The van der Waals surface area contributed by atoms with Crippen molar-refractivity contribution in [2.45, 2.75) is 6.18 Å². The van der Waals surface area contributed by atoms with Crippen molar-refractivity contribution in [2.24, 2.45) is 0 Å². The van der Waals surface area contributed by atoms with Gasteiger partial charge in [0.1, 0.15) is 17.3 Å². The molecule has 0 saturated carbocycles. The van der Waals surface area contributed by atoms with E-state index in [1.54, 1.807) is 30.3 Å². The second-order valence-electron chi connectivity index (χ2n) is 4.81. The van der Waals surface area contributed by atoms with Crippen LogP contribution in [0.15, 0.2) is 60.9 Å². The van der Waals surface area contributed by atoms with E-state index in [4.69, 9.17) is 4.74 Å². The molecule has 0 radical (unpaired) electrons. The third-order valence-corrected chi connectivity index (χ3v) is 3.18. The van der Waals surface area contributed by atoms with Crippen LogP contribution in [-0.4, -0.2) is 9.97 Å². The summed E-state index contributed by atoms with van der Waals surface area (Å²) in [4.78, 5) is 7.34. The van der Waals surface area contributed by atoms with Crippen LogP contribution < -0.4 is 4.74 Å². The van der Waals surface area contributed by atoms with Gasteiger partial charge in [0, 0.05) is 17.3 Å². The SMILES string of the molecule is Fc1ccccc1-c1cccnc1Oc1ccc(C(F)(F)F)nc1. The molecule has 0 aliphatic rings. The van der Waals surface area contributed by atoms with E-state index >= 15 is 0 Å². The molecular formula is C17H10F4N2O. The second-order valence-corrected chi connectivity index (χ2v) is 4.81. The van der Waals surface area contributed by atoms with Crippen LogP contribution in [0.5, 0.6) is 11.6 Å². The molecule has 0 bridgehead atoms. The molecule has 0 aliphatic carbocycles. The Morgan fingerprint density at radius 1 is 0.833 bits per heavy atom. The van der Waals surface area contributed by atoms with Gasteiger partial charge in [0.15, 0.2) is 0 Å². The highest BCUT2D eigenvalue weighted by Gasteiger charge is 2.32. The summed E-state index contributed by atoms with van der Waals surface area (Å²) in [6.45, 7) is 0. The first-order chi connectivity index (χ1) is 11.4. The van der Waals surface area contributed by atoms with Crippen LogP contribution in [0, 0.1) is 5.82 Å². The summed E-state index contributed by atoms with van der Waals surface area (Å²) >= 11 is 0. The number of hydrogen-bond donors (Lipinski definition) is 0. The zero-order chi connectivity index (χ0) is 17.2. The summed E-state index contributed by atoms with van der Waals surface area (Å²) in [5.41, 5.74) is -0.360. The third kappa shape index (κ3) is 3.34. The first-order valence-electron chi connectivity index (χ1n) is 6.86. The number of benzene rings is 1. The van der Waals surface area contributed by atoms with E-state index in [1.807, 2.05) is 0 Å². The number of aromatic nitrogens is 2. The van der Waals surface area contributed by atoms with Crippen LogP contribution >= 0.6 is 0 Å². The number of hydrogen-bond acceptors (Lipinski definition) is 3. The molecule has 1 aromatic carbocycles. The average molecular weight is 334 g/mol. The Hall–Kier alpha value is -2.96. The minimum absolute atomic E-state index is 0.0688. The molecule has 3 nitrogen and oxygen atoms in total. The molecule has 0 atom stereocenters. The van der Waals surface area contributed by atoms with Crippen molar-refractivity contribution in [1.82, 2.24) is 9.97 Å². The molecule has 2 heterocycles. The summed E-state index contributed by atoms with van der Waals surface area (Å²) < 4.78 is 57.0. The van der Waals surface area contributed by atoms with Gasteiger partial charge in [-0.15, -0.1) is 0 Å². The molecule has 7 heteroatoms. The van der Waals surface area contributed by atoms with Crippen LogP contribution in [-0.2, 0) is 6.18 Å². The molecule has 0 N–H and O–H groups in total. The lowest BCUT2D eigenvalue weighted by Crippen LogP contribution is -2.07. The first-order valence-corrected chi connectivity index (χ1v) is 6.86. The van der Waals surface area contributed by atoms with Crippen molar-refractivity contribution in [2.75, 3.05) is 0 Å². The summed E-state index contributed by atoms with van der Waals surface area (Å²) in [5.74, 6) is -0.315. The molecule has 0 amide bonds. The van der Waals surface area contributed by atoms with Crippen LogP contribution in [0.1, 0.15) is 5.69 Å². The lowest BCUT2D eigenvalue weighted by molar-refractivity contribution is -0.141. The number of pyridine rings is 2. The van der Waals surface area contributed by atoms with Crippen molar-refractivity contribution in [3.05, 3.63) is 72.4 Å². The van der Waals surface area contributed by atoms with E-state index in [-0.39, 0.29) is 17.2 Å². The largest absolute Gasteiger partial charge is 0.437 e. The first kappa shape index (κ1) is 15.9. The minimum atomic E-state index is -4.53. The minimum Gasteiger partial charge on any atom is -0.437 e. The van der Waals surface area contributed by atoms with E-state index in [9.17, 15) is 17.6 Å². The second kappa shape index (κ2) is 6.27. The lowest BCUT2D eigenvalue weighted by Gasteiger charge is -2.11. The fourth-order valence-corrected chi connectivity index (χ4v) is 2.08. The van der Waals surface area contributed by atoms with E-state index in [0.717, 1.165) is 18.3 Å². The van der Waals surface area contributed by atoms with Crippen LogP contribution in [0.3, 0.4) is 0 Å². The Labute approximate surface area is 134 Å². The van der Waals surface area contributed by atoms with Crippen LogP contribution in [0.2, 0.25) is 0 Å². The Morgan fingerprint density at radius 2 is 1.58 bits per heavy atom. The van der Waals surface area contributed by atoms with Crippen LogP contribution in [0.25, 0.3) is 11.1 Å². The van der Waals surface area contributed by atoms with E-state index in [1.165, 1.54) is 12.3 Å². The molecule has 24 heavy (non-hydrogen) atoms. The Bertz CT molecular complexity index is 848. The zero-order valence-corrected chi connectivity index (χ0v) is 12.1. The quantitative estimate of drug-likeness (QED) is 0.626. The van der Waals surface area contributed by atoms with Gasteiger partial charge in [-0.05, 0) is 30.3 Å². The van der Waals surface area contributed by atoms with Gasteiger partial charge >= 0.3 is 6.18 Å². The predicted molar refractivity (Wildman–Crippen MR) is 78.9 cm³/mol. The fraction of sp³-hybridized carbons (Fsp3) is 0.0588. The number of alkyl halides is 3. The number of halogens is 4. The normalized spacial score (nSPS) is 11.3. The van der Waals surface area contributed by atoms with Gasteiger partial charge in [0.25, 0.3) is 0 Å². The van der Waals surface area contributed by atoms with Gasteiger partial charge < -0.3 is 4.74 Å². The highest BCUT2D eigenvalue weighted by Crippen LogP contribution is 2.33. The van der Waals surface area contributed by atoms with Gasteiger partial charge in [0.2, 0.25) is 5.88 Å². The summed E-state index contributed by atoms with van der Waals surface area (Å²) in [5, 5.41) is 0. The van der Waals surface area contributed by atoms with Gasteiger partial charge in [-0.2, -0.15) is 13.2 Å². The molecule has 0 spiro atoms. The van der Waals surface area contributed by atoms with Crippen molar-refractivity contribution >= 4 is 0 Å². The Balaban J connectivity index is 1.93. The molecule has 122 valence electrons. The van der Waals surface area contributed by atoms with E-state index < -0.39 is 17.7 Å². The molecule has 3 aromatic rings. The molecular weight excluding hydrogens is 324 g/mol. The average Bonchev–Trinajstić information content (AvgIpc) is 2.56. The standard InChI is InChI=1S/C17H10F4N2O/c18-14-6-2-1-4-12(14)13-5-3-9-22-16(13)24-11-7-8-15(23-10-11)17(19,20)21/h1-10H. The highest BCUT2D eigenvalue weighted by atomic mass is 19.4. The monoisotopic (exact) mass is 334 g/mol. The summed E-state index contributed by atoms with van der Waals surface area (Å²) in [6.07, 6.45) is -2.14. The Morgan fingerprint density at radius 3 is 2.25 bits per heavy atom. The summed E-state index contributed by atoms with van der Waals surface area (Å²) in [6, 6.07) is 11.2. The van der Waals surface area contributed by atoms with Gasteiger partial charge in [-0.1, -0.05) is 18.2 Å². The maximum atomic E-state index is 14.0. The number of nitrogens with zero attached hydrogens (tertiary/aromatic N) is 2. The predicted octanol–water partition coefficient (Wildman–Crippen LogP) is 5.09. The lowest BCUT2D eigenvalue weighted by atomic mass is 10.1. The molecule has 0 unspecified atom stereocenters. The van der Waals surface area contributed by atoms with Gasteiger partial charge in [-0.3, -0.25) is 0 Å². The fourth-order valence-electron chi connectivity index (χ4n) is 2.08. The van der Waals surface area contributed by atoms with Crippen molar-refractivity contribution in [3.63, 3.8) is 0 Å². The maximum Gasteiger partial charge on any atom is 0.433 e. The van der Waals surface area contributed by atoms with E-state index in [2.05, 4.69) is 9.97 Å². The van der Waals surface area contributed by atoms with E-state index in [0.29, 0.717) is 5.56 Å². The van der Waals surface area contributed by atoms with Gasteiger partial charge in [0.05, 0.1) is 6.20 Å². The van der Waals surface area contributed by atoms with Gasteiger partial charge in [-0.25, -0.2) is 14.4 Å². The smallest absolute Gasteiger partial charge is 0.433 e. The van der Waals surface area contributed by atoms with Crippen molar-refractivity contribution in [3.8, 4) is 22.8 Å². The third-order valence-electron chi connectivity index (χ3n) is 3.18. The maximum absolute atomic E-state index is 14.0. The zero-order valence-electron chi connectivity index (χ0n) is 12.1. The molecule has 0 fully saturated rings. The molecule has 0 aliphatic heterocycles. The molecule has 0 saturated heterocycles. The number of ether oxygens (including phenoxy) is 1. The van der Waals surface area contributed by atoms with Crippen LogP contribution in [0.4, 0.5) is 17.6 Å².